The predicted octanol–water partition coefficient (Wildman–Crippen LogP) is 2.35. The lowest BCUT2D eigenvalue weighted by molar-refractivity contribution is -0.131. The number of piperazine rings is 1. The highest BCUT2D eigenvalue weighted by Gasteiger charge is 2.24. The number of carbonyl (C=O) groups excluding carboxylic acids is 2. The molecule has 0 unspecified atom stereocenters. The first-order valence-electron chi connectivity index (χ1n) is 9.39. The molecule has 2 heterocycles. The molecule has 0 spiro atoms. The maximum absolute atomic E-state index is 12.8. The van der Waals surface area contributed by atoms with Gasteiger partial charge in [-0.05, 0) is 36.2 Å². The summed E-state index contributed by atoms with van der Waals surface area (Å²) in [6.07, 6.45) is 2.72. The topological polar surface area (TPSA) is 56.8 Å². The van der Waals surface area contributed by atoms with E-state index in [0.29, 0.717) is 13.1 Å². The summed E-state index contributed by atoms with van der Waals surface area (Å²) in [5.41, 5.74) is 1.97. The Balaban J connectivity index is 1.60. The molecule has 1 aliphatic rings. The zero-order valence-corrected chi connectivity index (χ0v) is 16.0. The van der Waals surface area contributed by atoms with Crippen LogP contribution in [-0.2, 0) is 16.0 Å². The molecule has 0 aliphatic carbocycles. The van der Waals surface area contributed by atoms with Gasteiger partial charge in [-0.15, -0.1) is 0 Å². The van der Waals surface area contributed by atoms with Gasteiger partial charge in [-0.1, -0.05) is 25.1 Å². The second-order valence-corrected chi connectivity index (χ2v) is 6.68. The Morgan fingerprint density at radius 3 is 2.30 bits per heavy atom. The molecule has 1 aliphatic heterocycles. The second kappa shape index (κ2) is 8.66. The van der Waals surface area contributed by atoms with E-state index in [1.54, 1.807) is 11.1 Å². The molecule has 142 valence electrons. The van der Waals surface area contributed by atoms with Crippen LogP contribution in [0.15, 0.2) is 48.7 Å². The van der Waals surface area contributed by atoms with Crippen LogP contribution in [0.25, 0.3) is 0 Å². The maximum atomic E-state index is 12.8. The van der Waals surface area contributed by atoms with Gasteiger partial charge < -0.3 is 14.7 Å². The van der Waals surface area contributed by atoms with Crippen LogP contribution in [0.2, 0.25) is 0 Å². The Kier molecular flexibility index (Phi) is 6.06. The number of pyridine rings is 1. The first-order chi connectivity index (χ1) is 13.1. The Labute approximate surface area is 160 Å². The van der Waals surface area contributed by atoms with E-state index in [0.717, 1.165) is 31.0 Å². The van der Waals surface area contributed by atoms with Gasteiger partial charge in [0, 0.05) is 45.0 Å². The molecule has 3 rings (SSSR count). The second-order valence-electron chi connectivity index (χ2n) is 6.68. The van der Waals surface area contributed by atoms with E-state index in [4.69, 9.17) is 0 Å². The molecule has 0 bridgehead atoms. The molecular formula is C21H26N4O2. The normalized spacial score (nSPS) is 14.1. The molecule has 1 saturated heterocycles. The van der Waals surface area contributed by atoms with Gasteiger partial charge in [-0.3, -0.25) is 9.59 Å². The summed E-state index contributed by atoms with van der Waals surface area (Å²) in [5, 5.41) is 0. The van der Waals surface area contributed by atoms with Gasteiger partial charge in [0.15, 0.2) is 0 Å². The molecule has 6 heteroatoms. The van der Waals surface area contributed by atoms with Crippen LogP contribution in [0, 0.1) is 0 Å². The number of hydrogen-bond donors (Lipinski definition) is 0. The SMILES string of the molecule is CCc1ccc(N(CC(=O)N2CCN(c3ccccn3)CC2)C(C)=O)cc1. The Hall–Kier alpha value is -2.89. The lowest BCUT2D eigenvalue weighted by Gasteiger charge is -2.36. The average molecular weight is 366 g/mol. The summed E-state index contributed by atoms with van der Waals surface area (Å²) < 4.78 is 0. The van der Waals surface area contributed by atoms with Gasteiger partial charge in [0.05, 0.1) is 0 Å². The van der Waals surface area contributed by atoms with Gasteiger partial charge in [0.2, 0.25) is 11.8 Å². The minimum Gasteiger partial charge on any atom is -0.353 e. The van der Waals surface area contributed by atoms with Crippen molar-refractivity contribution >= 4 is 23.3 Å². The summed E-state index contributed by atoms with van der Waals surface area (Å²) in [7, 11) is 0. The van der Waals surface area contributed by atoms with Crippen LogP contribution in [0.4, 0.5) is 11.5 Å². The van der Waals surface area contributed by atoms with Crippen molar-refractivity contribution in [1.82, 2.24) is 9.88 Å². The minimum atomic E-state index is -0.125. The van der Waals surface area contributed by atoms with Crippen LogP contribution >= 0.6 is 0 Å². The van der Waals surface area contributed by atoms with Gasteiger partial charge in [-0.25, -0.2) is 4.98 Å². The molecule has 27 heavy (non-hydrogen) atoms. The number of aryl methyl sites for hydroxylation is 1. The maximum Gasteiger partial charge on any atom is 0.242 e. The fourth-order valence-corrected chi connectivity index (χ4v) is 3.26. The summed E-state index contributed by atoms with van der Waals surface area (Å²) in [6.45, 7) is 6.42. The van der Waals surface area contributed by atoms with Crippen molar-refractivity contribution in [2.24, 2.45) is 0 Å². The van der Waals surface area contributed by atoms with E-state index in [1.807, 2.05) is 47.4 Å². The highest BCUT2D eigenvalue weighted by Crippen LogP contribution is 2.17. The lowest BCUT2D eigenvalue weighted by atomic mass is 10.1. The van der Waals surface area contributed by atoms with Gasteiger partial charge in [-0.2, -0.15) is 0 Å². The molecule has 0 atom stereocenters. The number of aromatic nitrogens is 1. The zero-order valence-electron chi connectivity index (χ0n) is 16.0. The quantitative estimate of drug-likeness (QED) is 0.815. The van der Waals surface area contributed by atoms with Crippen molar-refractivity contribution in [2.75, 3.05) is 42.5 Å². The van der Waals surface area contributed by atoms with Crippen molar-refractivity contribution in [2.45, 2.75) is 20.3 Å². The van der Waals surface area contributed by atoms with Crippen molar-refractivity contribution in [1.29, 1.82) is 0 Å². The van der Waals surface area contributed by atoms with Crippen molar-refractivity contribution in [3.63, 3.8) is 0 Å². The lowest BCUT2D eigenvalue weighted by Crippen LogP contribution is -2.52. The van der Waals surface area contributed by atoms with E-state index in [1.165, 1.54) is 12.5 Å². The number of rotatable bonds is 5. The average Bonchev–Trinajstić information content (AvgIpc) is 2.72. The summed E-state index contributed by atoms with van der Waals surface area (Å²) in [5.74, 6) is 0.788. The van der Waals surface area contributed by atoms with E-state index >= 15 is 0 Å². The largest absolute Gasteiger partial charge is 0.353 e. The van der Waals surface area contributed by atoms with E-state index < -0.39 is 0 Å². The number of hydrogen-bond acceptors (Lipinski definition) is 4. The van der Waals surface area contributed by atoms with Crippen molar-refractivity contribution in [3.05, 3.63) is 54.2 Å². The Morgan fingerprint density at radius 1 is 1.04 bits per heavy atom. The van der Waals surface area contributed by atoms with Crippen molar-refractivity contribution < 1.29 is 9.59 Å². The van der Waals surface area contributed by atoms with Crippen LogP contribution in [-0.4, -0.2) is 54.4 Å². The molecule has 2 aromatic rings. The molecule has 1 fully saturated rings. The van der Waals surface area contributed by atoms with E-state index in [-0.39, 0.29) is 18.4 Å². The van der Waals surface area contributed by atoms with Crippen molar-refractivity contribution in [3.8, 4) is 0 Å². The third kappa shape index (κ3) is 4.64. The highest BCUT2D eigenvalue weighted by molar-refractivity contribution is 5.97. The van der Waals surface area contributed by atoms with Gasteiger partial charge >= 0.3 is 0 Å². The fourth-order valence-electron chi connectivity index (χ4n) is 3.26. The third-order valence-electron chi connectivity index (χ3n) is 4.94. The van der Waals surface area contributed by atoms with Crippen LogP contribution in [0.1, 0.15) is 19.4 Å². The molecule has 1 aromatic carbocycles. The first-order valence-corrected chi connectivity index (χ1v) is 9.39. The summed E-state index contributed by atoms with van der Waals surface area (Å²) >= 11 is 0. The fraction of sp³-hybridized carbons (Fsp3) is 0.381. The predicted molar refractivity (Wildman–Crippen MR) is 107 cm³/mol. The number of anilines is 2. The summed E-state index contributed by atoms with van der Waals surface area (Å²) in [6, 6.07) is 13.7. The van der Waals surface area contributed by atoms with E-state index in [9.17, 15) is 9.59 Å². The molecule has 0 radical (unpaired) electrons. The Morgan fingerprint density at radius 2 is 1.74 bits per heavy atom. The number of amides is 2. The third-order valence-corrected chi connectivity index (χ3v) is 4.94. The molecular weight excluding hydrogens is 340 g/mol. The first kappa shape index (κ1) is 18.9. The molecule has 1 aromatic heterocycles. The highest BCUT2D eigenvalue weighted by atomic mass is 16.2. The van der Waals surface area contributed by atoms with E-state index in [2.05, 4.69) is 16.8 Å². The summed E-state index contributed by atoms with van der Waals surface area (Å²) in [4.78, 5) is 34.8. The standard InChI is InChI=1S/C21H26N4O2/c1-3-18-7-9-19(10-8-18)25(17(2)26)16-21(27)24-14-12-23(13-15-24)20-6-4-5-11-22-20/h4-11H,3,12-16H2,1-2H3. The Bertz CT molecular complexity index is 769. The molecule has 2 amide bonds. The zero-order chi connectivity index (χ0) is 19.2. The van der Waals surface area contributed by atoms with Gasteiger partial charge in [0.1, 0.15) is 12.4 Å². The number of benzene rings is 1. The minimum absolute atomic E-state index is 0.0227. The monoisotopic (exact) mass is 366 g/mol. The molecule has 6 nitrogen and oxygen atoms in total. The van der Waals surface area contributed by atoms with Crippen LogP contribution in [0.3, 0.4) is 0 Å². The number of carbonyl (C=O) groups is 2. The van der Waals surface area contributed by atoms with Crippen LogP contribution < -0.4 is 9.80 Å². The van der Waals surface area contributed by atoms with Crippen LogP contribution in [0.5, 0.6) is 0 Å². The van der Waals surface area contributed by atoms with Gasteiger partial charge in [0.25, 0.3) is 0 Å². The molecule has 0 saturated carbocycles. The smallest absolute Gasteiger partial charge is 0.242 e. The molecule has 0 N–H and O–H groups in total. The number of nitrogens with zero attached hydrogens (tertiary/aromatic N) is 4.